The van der Waals surface area contributed by atoms with Crippen molar-refractivity contribution in [2.45, 2.75) is 12.8 Å². The number of carbonyl (C=O) groups is 1. The van der Waals surface area contributed by atoms with E-state index in [0.29, 0.717) is 0 Å². The molecule has 10 heteroatoms. The molecule has 0 saturated carbocycles. The smallest absolute Gasteiger partial charge is 0.418 e. The number of rotatable bonds is 6. The van der Waals surface area contributed by atoms with Gasteiger partial charge in [-0.1, -0.05) is 24.3 Å². The van der Waals surface area contributed by atoms with Gasteiger partial charge in [0.25, 0.3) is 5.91 Å². The highest BCUT2D eigenvalue weighted by Gasteiger charge is 2.33. The highest BCUT2D eigenvalue weighted by molar-refractivity contribution is 6.10. The maximum absolute atomic E-state index is 13.1. The number of nitrogens with one attached hydrogen (secondary N) is 1. The normalized spacial score (nSPS) is 11.7. The Morgan fingerprint density at radius 1 is 1.17 bits per heavy atom. The van der Waals surface area contributed by atoms with Crippen LogP contribution in [0.5, 0.6) is 11.5 Å². The van der Waals surface area contributed by atoms with Crippen LogP contribution in [-0.2, 0) is 11.0 Å². The van der Waals surface area contributed by atoms with E-state index in [1.165, 1.54) is 37.4 Å². The van der Waals surface area contributed by atoms with E-state index in [0.717, 1.165) is 24.3 Å². The molecule has 0 bridgehead atoms. The molecule has 1 N–H and O–H groups in total. The zero-order valence-corrected chi connectivity index (χ0v) is 14.8. The van der Waals surface area contributed by atoms with Crippen LogP contribution in [0.3, 0.4) is 0 Å². The topological polar surface area (TPSA) is 71.3 Å². The first-order chi connectivity index (χ1) is 13.7. The summed E-state index contributed by atoms with van der Waals surface area (Å²) in [6.45, 7) is -3.21. The summed E-state index contributed by atoms with van der Waals surface area (Å²) >= 11 is 0. The maximum atomic E-state index is 13.1. The Labute approximate surface area is 162 Å². The molecule has 29 heavy (non-hydrogen) atoms. The van der Waals surface area contributed by atoms with Crippen LogP contribution in [0.15, 0.2) is 48.0 Å². The molecule has 2 aromatic rings. The van der Waals surface area contributed by atoms with Gasteiger partial charge in [-0.15, -0.1) is 0 Å². The molecule has 1 amide bonds. The number of nitrogens with zero attached hydrogens (tertiary/aromatic N) is 1. The number of carbonyl (C=O) groups excluding carboxylic acids is 1. The molecule has 5 nitrogen and oxygen atoms in total. The van der Waals surface area contributed by atoms with Gasteiger partial charge in [-0.2, -0.15) is 27.2 Å². The van der Waals surface area contributed by atoms with E-state index in [-0.39, 0.29) is 11.3 Å². The van der Waals surface area contributed by atoms with Gasteiger partial charge in [-0.05, 0) is 24.3 Å². The summed E-state index contributed by atoms with van der Waals surface area (Å²) in [5.74, 6) is -1.67. The van der Waals surface area contributed by atoms with Gasteiger partial charge in [0.05, 0.1) is 18.4 Å². The lowest BCUT2D eigenvalue weighted by Gasteiger charge is -2.14. The first kappa shape index (κ1) is 21.7. The summed E-state index contributed by atoms with van der Waals surface area (Å²) < 4.78 is 73.8. The third-order valence-corrected chi connectivity index (χ3v) is 3.58. The number of alkyl halides is 5. The number of amides is 1. The number of methoxy groups -OCH3 is 1. The fraction of sp³-hybridized carbons (Fsp3) is 0.158. The fourth-order valence-corrected chi connectivity index (χ4v) is 2.36. The molecule has 0 radical (unpaired) electrons. The second-order valence-electron chi connectivity index (χ2n) is 5.42. The van der Waals surface area contributed by atoms with Crippen molar-refractivity contribution in [1.29, 1.82) is 5.26 Å². The molecule has 0 unspecified atom stereocenters. The molecule has 0 spiro atoms. The molecule has 2 aromatic carbocycles. The van der Waals surface area contributed by atoms with Gasteiger partial charge in [-0.3, -0.25) is 4.79 Å². The molecular weight excluding hydrogens is 399 g/mol. The van der Waals surface area contributed by atoms with Crippen LogP contribution in [0.1, 0.15) is 11.1 Å². The minimum absolute atomic E-state index is 0.0841. The summed E-state index contributed by atoms with van der Waals surface area (Å²) in [6, 6.07) is 9.72. The van der Waals surface area contributed by atoms with Crippen molar-refractivity contribution in [2.24, 2.45) is 0 Å². The van der Waals surface area contributed by atoms with Crippen LogP contribution in [0.4, 0.5) is 27.6 Å². The van der Waals surface area contributed by atoms with Crippen LogP contribution in [0, 0.1) is 11.3 Å². The maximum Gasteiger partial charge on any atom is 0.418 e. The molecule has 0 heterocycles. The summed E-state index contributed by atoms with van der Waals surface area (Å²) in [4.78, 5) is 12.3. The summed E-state index contributed by atoms with van der Waals surface area (Å²) in [5, 5.41) is 11.2. The fourth-order valence-electron chi connectivity index (χ4n) is 2.36. The largest absolute Gasteiger partial charge is 0.493 e. The van der Waals surface area contributed by atoms with E-state index >= 15 is 0 Å². The average Bonchev–Trinajstić information content (AvgIpc) is 2.66. The van der Waals surface area contributed by atoms with Gasteiger partial charge in [0.15, 0.2) is 11.5 Å². The molecule has 2 rings (SSSR count). The lowest BCUT2D eigenvalue weighted by Crippen LogP contribution is -2.17. The SMILES string of the molecule is COc1cccc(/C=C(\C#N)C(=O)Nc2ccccc2C(F)(F)F)c1OC(F)F. The van der Waals surface area contributed by atoms with Gasteiger partial charge in [0, 0.05) is 5.56 Å². The second kappa shape index (κ2) is 9.05. The van der Waals surface area contributed by atoms with E-state index in [9.17, 15) is 32.0 Å². The van der Waals surface area contributed by atoms with Gasteiger partial charge in [-0.25, -0.2) is 0 Å². The van der Waals surface area contributed by atoms with Gasteiger partial charge in [0.2, 0.25) is 0 Å². The molecule has 0 aliphatic rings. The number of para-hydroxylation sites is 2. The number of hydrogen-bond acceptors (Lipinski definition) is 4. The van der Waals surface area contributed by atoms with Gasteiger partial charge < -0.3 is 14.8 Å². The monoisotopic (exact) mass is 412 g/mol. The Morgan fingerprint density at radius 2 is 1.86 bits per heavy atom. The molecule has 0 aromatic heterocycles. The Bertz CT molecular complexity index is 965. The standard InChI is InChI=1S/C19H13F5N2O3/c1-28-15-8-4-5-11(16(15)29-18(20)21)9-12(10-25)17(27)26-14-7-3-2-6-13(14)19(22,23)24/h2-9,18H,1H3,(H,26,27)/b12-9+. The van der Waals surface area contributed by atoms with Crippen LogP contribution in [0.25, 0.3) is 6.08 Å². The lowest BCUT2D eigenvalue weighted by molar-refractivity contribution is -0.137. The summed E-state index contributed by atoms with van der Waals surface area (Å²) in [6.07, 6.45) is -3.82. The van der Waals surface area contributed by atoms with Crippen LogP contribution >= 0.6 is 0 Å². The molecule has 0 atom stereocenters. The van der Waals surface area contributed by atoms with Crippen LogP contribution in [-0.4, -0.2) is 19.6 Å². The lowest BCUT2D eigenvalue weighted by atomic mass is 10.1. The van der Waals surface area contributed by atoms with Gasteiger partial charge >= 0.3 is 12.8 Å². The van der Waals surface area contributed by atoms with Crippen molar-refractivity contribution in [2.75, 3.05) is 12.4 Å². The van der Waals surface area contributed by atoms with Crippen molar-refractivity contribution in [1.82, 2.24) is 0 Å². The Kier molecular flexibility index (Phi) is 6.77. The Balaban J connectivity index is 2.42. The molecule has 0 saturated heterocycles. The molecule has 0 fully saturated rings. The van der Waals surface area contributed by atoms with E-state index in [1.54, 1.807) is 0 Å². The number of nitriles is 1. The average molecular weight is 412 g/mol. The van der Waals surface area contributed by atoms with Crippen LogP contribution < -0.4 is 14.8 Å². The van der Waals surface area contributed by atoms with Crippen molar-refractivity contribution in [3.8, 4) is 17.6 Å². The predicted molar refractivity (Wildman–Crippen MR) is 93.3 cm³/mol. The Hall–Kier alpha value is -3.61. The third-order valence-electron chi connectivity index (χ3n) is 3.58. The highest BCUT2D eigenvalue weighted by Crippen LogP contribution is 2.36. The zero-order valence-electron chi connectivity index (χ0n) is 14.8. The predicted octanol–water partition coefficient (Wildman–Crippen LogP) is 4.86. The highest BCUT2D eigenvalue weighted by atomic mass is 19.4. The third kappa shape index (κ3) is 5.44. The van der Waals surface area contributed by atoms with Crippen LogP contribution in [0.2, 0.25) is 0 Å². The van der Waals surface area contributed by atoms with E-state index in [4.69, 9.17) is 4.74 Å². The van der Waals surface area contributed by atoms with E-state index in [2.05, 4.69) is 4.74 Å². The number of ether oxygens (including phenoxy) is 2. The first-order valence-corrected chi connectivity index (χ1v) is 7.88. The van der Waals surface area contributed by atoms with Gasteiger partial charge in [0.1, 0.15) is 11.6 Å². The minimum Gasteiger partial charge on any atom is -0.493 e. The number of hydrogen-bond donors (Lipinski definition) is 1. The summed E-state index contributed by atoms with van der Waals surface area (Å²) in [7, 11) is 1.20. The van der Waals surface area contributed by atoms with Crippen molar-refractivity contribution in [3.05, 3.63) is 59.2 Å². The van der Waals surface area contributed by atoms with E-state index < -0.39 is 41.3 Å². The molecule has 152 valence electrons. The van der Waals surface area contributed by atoms with Crippen molar-refractivity contribution >= 4 is 17.7 Å². The second-order valence-corrected chi connectivity index (χ2v) is 5.42. The zero-order chi connectivity index (χ0) is 21.6. The number of halogens is 5. The Morgan fingerprint density at radius 3 is 2.45 bits per heavy atom. The first-order valence-electron chi connectivity index (χ1n) is 7.88. The molecule has 0 aliphatic carbocycles. The van der Waals surface area contributed by atoms with Crippen molar-refractivity contribution in [3.63, 3.8) is 0 Å². The minimum atomic E-state index is -4.73. The summed E-state index contributed by atoms with van der Waals surface area (Å²) in [5.41, 5.74) is -2.38. The van der Waals surface area contributed by atoms with Crippen molar-refractivity contribution < 1.29 is 36.2 Å². The number of benzene rings is 2. The quantitative estimate of drug-likeness (QED) is 0.418. The molecular formula is C19H13F5N2O3. The molecule has 0 aliphatic heterocycles. The number of anilines is 1. The van der Waals surface area contributed by atoms with E-state index in [1.807, 2.05) is 5.32 Å².